The van der Waals surface area contributed by atoms with Gasteiger partial charge in [-0.15, -0.1) is 0 Å². The number of halogens is 1. The molecular formula is C11H12FNO2. The topological polar surface area (TPSA) is 43.1 Å². The van der Waals surface area contributed by atoms with Gasteiger partial charge in [0, 0.05) is 12.5 Å². The molecule has 0 heterocycles. The quantitative estimate of drug-likeness (QED) is 0.566. The molecule has 3 nitrogen and oxygen atoms in total. The van der Waals surface area contributed by atoms with Crippen molar-refractivity contribution in [3.05, 3.63) is 51.0 Å². The van der Waals surface area contributed by atoms with Gasteiger partial charge in [-0.3, -0.25) is 10.1 Å². The third-order valence-electron chi connectivity index (χ3n) is 2.13. The van der Waals surface area contributed by atoms with Crippen LogP contribution in [0.3, 0.4) is 0 Å². The highest BCUT2D eigenvalue weighted by atomic mass is 19.1. The van der Waals surface area contributed by atoms with Gasteiger partial charge in [0.05, 0.1) is 4.92 Å². The van der Waals surface area contributed by atoms with E-state index in [0.29, 0.717) is 17.5 Å². The highest BCUT2D eigenvalue weighted by Gasteiger charge is 2.07. The van der Waals surface area contributed by atoms with Crippen LogP contribution in [0, 0.1) is 22.9 Å². The number of benzene rings is 1. The minimum Gasteiger partial charge on any atom is -0.259 e. The number of rotatable bonds is 3. The Morgan fingerprint density at radius 1 is 1.60 bits per heavy atom. The standard InChI is InChI=1S/C11H12FNO2/c1-3-10(13(14)15)6-9-5-4-8(2)11(12)7-9/h4-7H,3H2,1-2H3. The summed E-state index contributed by atoms with van der Waals surface area (Å²) in [6.07, 6.45) is 1.71. The molecule has 1 aromatic rings. The van der Waals surface area contributed by atoms with E-state index in [1.807, 2.05) is 0 Å². The number of nitro groups is 1. The van der Waals surface area contributed by atoms with Gasteiger partial charge in [0.2, 0.25) is 5.70 Å². The Hall–Kier alpha value is -1.71. The largest absolute Gasteiger partial charge is 0.259 e. The average molecular weight is 209 g/mol. The van der Waals surface area contributed by atoms with Crippen LogP contribution in [0.2, 0.25) is 0 Å². The van der Waals surface area contributed by atoms with Crippen LogP contribution in [-0.2, 0) is 0 Å². The fourth-order valence-corrected chi connectivity index (χ4v) is 1.18. The molecule has 0 aliphatic carbocycles. The maximum absolute atomic E-state index is 13.1. The van der Waals surface area contributed by atoms with Crippen molar-refractivity contribution in [1.29, 1.82) is 0 Å². The van der Waals surface area contributed by atoms with Gasteiger partial charge in [-0.25, -0.2) is 4.39 Å². The number of allylic oxidation sites excluding steroid dienone is 1. The lowest BCUT2D eigenvalue weighted by Crippen LogP contribution is -1.96. The zero-order valence-electron chi connectivity index (χ0n) is 8.66. The number of aryl methyl sites for hydroxylation is 1. The van der Waals surface area contributed by atoms with Crippen LogP contribution in [0.1, 0.15) is 24.5 Å². The Bertz CT molecular complexity index is 413. The summed E-state index contributed by atoms with van der Waals surface area (Å²) in [6.45, 7) is 3.34. The lowest BCUT2D eigenvalue weighted by molar-refractivity contribution is -0.425. The molecule has 0 amide bonds. The molecule has 0 aromatic heterocycles. The minimum atomic E-state index is -0.447. The Balaban J connectivity index is 3.07. The van der Waals surface area contributed by atoms with E-state index in [0.717, 1.165) is 0 Å². The van der Waals surface area contributed by atoms with E-state index >= 15 is 0 Å². The Labute approximate surface area is 87.4 Å². The van der Waals surface area contributed by atoms with Gasteiger partial charge in [-0.1, -0.05) is 19.1 Å². The molecular weight excluding hydrogens is 197 g/mol. The van der Waals surface area contributed by atoms with Crippen molar-refractivity contribution in [1.82, 2.24) is 0 Å². The second-order valence-electron chi connectivity index (χ2n) is 3.25. The number of hydrogen-bond donors (Lipinski definition) is 0. The Kier molecular flexibility index (Phi) is 3.55. The van der Waals surface area contributed by atoms with Crippen LogP contribution in [0.25, 0.3) is 6.08 Å². The summed E-state index contributed by atoms with van der Waals surface area (Å²) in [5.41, 5.74) is 1.14. The number of nitrogens with zero attached hydrogens (tertiary/aromatic N) is 1. The highest BCUT2D eigenvalue weighted by molar-refractivity contribution is 5.51. The summed E-state index contributed by atoms with van der Waals surface area (Å²) in [5.74, 6) is -0.345. The van der Waals surface area contributed by atoms with Gasteiger partial charge in [0.25, 0.3) is 0 Å². The molecule has 0 radical (unpaired) electrons. The Morgan fingerprint density at radius 3 is 2.73 bits per heavy atom. The van der Waals surface area contributed by atoms with E-state index in [4.69, 9.17) is 0 Å². The van der Waals surface area contributed by atoms with Gasteiger partial charge in [-0.2, -0.15) is 0 Å². The monoisotopic (exact) mass is 209 g/mol. The molecule has 1 rings (SSSR count). The van der Waals surface area contributed by atoms with Crippen LogP contribution < -0.4 is 0 Å². The summed E-state index contributed by atoms with van der Waals surface area (Å²) < 4.78 is 13.1. The molecule has 15 heavy (non-hydrogen) atoms. The van der Waals surface area contributed by atoms with Crippen LogP contribution in [0.15, 0.2) is 23.9 Å². The van der Waals surface area contributed by atoms with Crippen molar-refractivity contribution >= 4 is 6.08 Å². The Morgan fingerprint density at radius 2 is 2.27 bits per heavy atom. The molecule has 1 aromatic carbocycles. The van der Waals surface area contributed by atoms with E-state index in [1.165, 1.54) is 12.1 Å². The molecule has 0 unspecified atom stereocenters. The minimum absolute atomic E-state index is 0.0817. The van der Waals surface area contributed by atoms with Gasteiger partial charge >= 0.3 is 0 Å². The molecule has 0 spiro atoms. The molecule has 0 bridgehead atoms. The first-order valence-corrected chi connectivity index (χ1v) is 4.65. The van der Waals surface area contributed by atoms with Gasteiger partial charge in [-0.05, 0) is 24.1 Å². The van der Waals surface area contributed by atoms with Crippen molar-refractivity contribution in [3.8, 4) is 0 Å². The molecule has 80 valence electrons. The van der Waals surface area contributed by atoms with Crippen LogP contribution in [0.4, 0.5) is 4.39 Å². The van der Waals surface area contributed by atoms with Crippen molar-refractivity contribution in [2.75, 3.05) is 0 Å². The molecule has 0 saturated carbocycles. The van der Waals surface area contributed by atoms with E-state index in [2.05, 4.69) is 0 Å². The van der Waals surface area contributed by atoms with Crippen molar-refractivity contribution in [2.45, 2.75) is 20.3 Å². The van der Waals surface area contributed by atoms with E-state index in [-0.39, 0.29) is 11.5 Å². The third kappa shape index (κ3) is 2.87. The van der Waals surface area contributed by atoms with Gasteiger partial charge in [0.1, 0.15) is 5.82 Å². The van der Waals surface area contributed by atoms with Crippen LogP contribution in [-0.4, -0.2) is 4.92 Å². The van der Waals surface area contributed by atoms with E-state index < -0.39 is 4.92 Å². The first-order chi connectivity index (χ1) is 7.04. The van der Waals surface area contributed by atoms with Crippen molar-refractivity contribution in [2.24, 2.45) is 0 Å². The molecule has 0 fully saturated rings. The first kappa shape index (κ1) is 11.4. The normalized spacial score (nSPS) is 11.5. The second kappa shape index (κ2) is 4.68. The summed E-state index contributed by atoms with van der Waals surface area (Å²) >= 11 is 0. The fourth-order valence-electron chi connectivity index (χ4n) is 1.18. The zero-order chi connectivity index (χ0) is 11.4. The predicted octanol–water partition coefficient (Wildman–Crippen LogP) is 3.16. The van der Waals surface area contributed by atoms with Gasteiger partial charge < -0.3 is 0 Å². The summed E-state index contributed by atoms with van der Waals surface area (Å²) in [6, 6.07) is 4.57. The smallest absolute Gasteiger partial charge is 0.246 e. The van der Waals surface area contributed by atoms with Crippen molar-refractivity contribution in [3.63, 3.8) is 0 Å². The fraction of sp³-hybridized carbons (Fsp3) is 0.273. The van der Waals surface area contributed by atoms with E-state index in [9.17, 15) is 14.5 Å². The molecule has 0 saturated heterocycles. The molecule has 4 heteroatoms. The molecule has 0 aliphatic rings. The second-order valence-corrected chi connectivity index (χ2v) is 3.25. The summed E-state index contributed by atoms with van der Waals surface area (Å²) in [7, 11) is 0. The van der Waals surface area contributed by atoms with Crippen LogP contribution in [0.5, 0.6) is 0 Å². The van der Waals surface area contributed by atoms with E-state index in [1.54, 1.807) is 26.0 Å². The zero-order valence-corrected chi connectivity index (χ0v) is 8.66. The van der Waals surface area contributed by atoms with Crippen LogP contribution >= 0.6 is 0 Å². The first-order valence-electron chi connectivity index (χ1n) is 4.65. The van der Waals surface area contributed by atoms with Gasteiger partial charge in [0.15, 0.2) is 0 Å². The lowest BCUT2D eigenvalue weighted by Gasteiger charge is -1.98. The maximum atomic E-state index is 13.1. The SMILES string of the molecule is CCC(=Cc1ccc(C)c(F)c1)[N+](=O)[O-]. The highest BCUT2D eigenvalue weighted by Crippen LogP contribution is 2.14. The van der Waals surface area contributed by atoms with Crippen molar-refractivity contribution < 1.29 is 9.31 Å². The third-order valence-corrected chi connectivity index (χ3v) is 2.13. The maximum Gasteiger partial charge on any atom is 0.246 e. The lowest BCUT2D eigenvalue weighted by atomic mass is 10.1. The molecule has 0 atom stereocenters. The molecule has 0 aliphatic heterocycles. The average Bonchev–Trinajstić information content (AvgIpc) is 2.19. The summed E-state index contributed by atoms with van der Waals surface area (Å²) in [5, 5.41) is 10.5. The molecule has 0 N–H and O–H groups in total. The predicted molar refractivity (Wildman–Crippen MR) is 56.4 cm³/mol. The number of hydrogen-bond acceptors (Lipinski definition) is 2. The summed E-state index contributed by atoms with van der Waals surface area (Å²) in [4.78, 5) is 10.1.